The highest BCUT2D eigenvalue weighted by Gasteiger charge is 2.33. The fourth-order valence-corrected chi connectivity index (χ4v) is 3.02. The predicted molar refractivity (Wildman–Crippen MR) is 83.9 cm³/mol. The number of anilines is 1. The molecule has 0 radical (unpaired) electrons. The summed E-state index contributed by atoms with van der Waals surface area (Å²) in [5.41, 5.74) is 0.896. The van der Waals surface area contributed by atoms with Crippen molar-refractivity contribution < 1.29 is 14.5 Å². The van der Waals surface area contributed by atoms with E-state index in [9.17, 15) is 9.59 Å². The van der Waals surface area contributed by atoms with Crippen molar-refractivity contribution in [1.29, 1.82) is 0 Å². The Kier molecular flexibility index (Phi) is 4.29. The number of hydrogen-bond donors (Lipinski definition) is 2. The topological polar surface area (TPSA) is 57.1 Å². The molecule has 1 aromatic rings. The monoisotopic (exact) mass is 303 g/mol. The normalized spacial score (nSPS) is 23.0. The van der Waals surface area contributed by atoms with Crippen LogP contribution in [0.3, 0.4) is 0 Å². The minimum absolute atomic E-state index is 0.0415. The molecule has 2 aliphatic rings. The minimum atomic E-state index is -0.104. The van der Waals surface area contributed by atoms with Crippen LogP contribution >= 0.6 is 0 Å². The van der Waals surface area contributed by atoms with Gasteiger partial charge in [-0.25, -0.2) is 4.79 Å². The van der Waals surface area contributed by atoms with Gasteiger partial charge in [0.05, 0.1) is 39.3 Å². The zero-order valence-electron chi connectivity index (χ0n) is 12.9. The molecule has 0 saturated carbocycles. The highest BCUT2D eigenvalue weighted by Crippen LogP contribution is 2.21. The summed E-state index contributed by atoms with van der Waals surface area (Å²) in [6, 6.07) is 9.46. The number of urea groups is 1. The Labute approximate surface area is 130 Å². The Balaban J connectivity index is 1.56. The lowest BCUT2D eigenvalue weighted by molar-refractivity contribution is -0.883. The molecule has 2 saturated heterocycles. The van der Waals surface area contributed by atoms with Crippen LogP contribution in [0.2, 0.25) is 0 Å². The lowest BCUT2D eigenvalue weighted by atomic mass is 10.2. The summed E-state index contributed by atoms with van der Waals surface area (Å²) in [6.07, 6.45) is 0.375. The van der Waals surface area contributed by atoms with Crippen molar-refractivity contribution in [3.05, 3.63) is 30.3 Å². The summed E-state index contributed by atoms with van der Waals surface area (Å²) < 4.78 is 0. The average Bonchev–Trinajstić information content (AvgIpc) is 2.89. The van der Waals surface area contributed by atoms with Crippen LogP contribution in [-0.2, 0) is 4.79 Å². The van der Waals surface area contributed by atoms with Crippen LogP contribution in [0.1, 0.15) is 6.42 Å². The number of para-hydroxylation sites is 1. The van der Waals surface area contributed by atoms with Crippen molar-refractivity contribution >= 4 is 17.6 Å². The van der Waals surface area contributed by atoms with Crippen LogP contribution in [0.25, 0.3) is 0 Å². The van der Waals surface area contributed by atoms with Gasteiger partial charge in [-0.05, 0) is 12.1 Å². The molecule has 1 aromatic carbocycles. The second-order valence-corrected chi connectivity index (χ2v) is 6.13. The summed E-state index contributed by atoms with van der Waals surface area (Å²) in [6.45, 7) is 4.06. The van der Waals surface area contributed by atoms with Gasteiger partial charge < -0.3 is 20.0 Å². The molecule has 2 heterocycles. The van der Waals surface area contributed by atoms with Crippen LogP contribution in [0.15, 0.2) is 30.3 Å². The van der Waals surface area contributed by atoms with Crippen LogP contribution in [0, 0.1) is 0 Å². The molecular formula is C16H23N4O2+. The van der Waals surface area contributed by atoms with Crippen molar-refractivity contribution in [3.8, 4) is 0 Å². The molecule has 3 amide bonds. The molecule has 0 spiro atoms. The van der Waals surface area contributed by atoms with E-state index in [1.807, 2.05) is 35.2 Å². The number of rotatable bonds is 2. The molecule has 3 rings (SSSR count). The fraction of sp³-hybridized carbons (Fsp3) is 0.500. The predicted octanol–water partition coefficient (Wildman–Crippen LogP) is -0.668. The number of nitrogens with one attached hydrogen (secondary N) is 2. The number of quaternary nitrogens is 1. The largest absolute Gasteiger partial charge is 0.334 e. The second-order valence-electron chi connectivity index (χ2n) is 6.13. The van der Waals surface area contributed by atoms with Crippen LogP contribution in [0.4, 0.5) is 10.5 Å². The lowest BCUT2D eigenvalue weighted by Crippen LogP contribution is -3.12. The van der Waals surface area contributed by atoms with Gasteiger partial charge in [0.15, 0.2) is 0 Å². The van der Waals surface area contributed by atoms with E-state index < -0.39 is 0 Å². The van der Waals surface area contributed by atoms with E-state index >= 15 is 0 Å². The third-order valence-electron chi connectivity index (χ3n) is 4.42. The maximum Gasteiger partial charge on any atom is 0.318 e. The number of hydrogen-bond acceptors (Lipinski definition) is 2. The Morgan fingerprint density at radius 1 is 1.23 bits per heavy atom. The average molecular weight is 303 g/mol. The minimum Gasteiger partial charge on any atom is -0.334 e. The van der Waals surface area contributed by atoms with Crippen LogP contribution in [-0.4, -0.2) is 62.7 Å². The molecule has 6 nitrogen and oxygen atoms in total. The highest BCUT2D eigenvalue weighted by molar-refractivity contribution is 5.96. The van der Waals surface area contributed by atoms with Gasteiger partial charge in [0.2, 0.25) is 5.91 Å². The molecule has 2 N–H and O–H groups in total. The van der Waals surface area contributed by atoms with Gasteiger partial charge >= 0.3 is 6.03 Å². The Bertz CT molecular complexity index is 540. The van der Waals surface area contributed by atoms with Crippen LogP contribution in [0.5, 0.6) is 0 Å². The number of amides is 3. The lowest BCUT2D eigenvalue weighted by Gasteiger charge is -2.31. The summed E-state index contributed by atoms with van der Waals surface area (Å²) in [7, 11) is 2.14. The van der Waals surface area contributed by atoms with Gasteiger partial charge in [-0.1, -0.05) is 18.2 Å². The highest BCUT2D eigenvalue weighted by atomic mass is 16.2. The van der Waals surface area contributed by atoms with E-state index in [2.05, 4.69) is 12.4 Å². The summed E-state index contributed by atoms with van der Waals surface area (Å²) in [4.78, 5) is 29.5. The number of benzene rings is 1. The first-order valence-electron chi connectivity index (χ1n) is 7.85. The molecule has 0 aromatic heterocycles. The standard InChI is InChI=1S/C16H22N4O2/c1-18-7-9-19(10-8-18)16(22)17-13-11-15(21)20(12-13)14-5-3-2-4-6-14/h2-6,13H,7-12H2,1H3,(H,17,22)/p+1/t13-/m0/s1. The number of carbonyl (C=O) groups excluding carboxylic acids is 2. The molecule has 0 unspecified atom stereocenters. The molecule has 0 aliphatic carbocycles. The summed E-state index contributed by atoms with van der Waals surface area (Å²) >= 11 is 0. The number of likely N-dealkylation sites (N-methyl/N-ethyl adjacent to an activating group) is 1. The zero-order chi connectivity index (χ0) is 15.5. The van der Waals surface area contributed by atoms with Gasteiger partial charge in [-0.2, -0.15) is 0 Å². The Morgan fingerprint density at radius 2 is 1.91 bits per heavy atom. The number of piperazine rings is 1. The molecular weight excluding hydrogens is 280 g/mol. The fourth-order valence-electron chi connectivity index (χ4n) is 3.02. The van der Waals surface area contributed by atoms with E-state index in [0.717, 1.165) is 31.9 Å². The molecule has 118 valence electrons. The molecule has 6 heteroatoms. The first kappa shape index (κ1) is 14.8. The third kappa shape index (κ3) is 3.22. The van der Waals surface area contributed by atoms with Crippen molar-refractivity contribution in [2.24, 2.45) is 0 Å². The zero-order valence-corrected chi connectivity index (χ0v) is 12.9. The van der Waals surface area contributed by atoms with Gasteiger partial charge in [-0.15, -0.1) is 0 Å². The van der Waals surface area contributed by atoms with E-state index in [4.69, 9.17) is 0 Å². The van der Waals surface area contributed by atoms with Gasteiger partial charge in [0, 0.05) is 18.7 Å². The molecule has 2 aliphatic heterocycles. The smallest absolute Gasteiger partial charge is 0.318 e. The van der Waals surface area contributed by atoms with Crippen molar-refractivity contribution in [3.63, 3.8) is 0 Å². The maximum absolute atomic E-state index is 12.3. The van der Waals surface area contributed by atoms with Crippen molar-refractivity contribution in [2.45, 2.75) is 12.5 Å². The van der Waals surface area contributed by atoms with E-state index in [-0.39, 0.29) is 18.0 Å². The molecule has 22 heavy (non-hydrogen) atoms. The second kappa shape index (κ2) is 6.36. The van der Waals surface area contributed by atoms with E-state index in [0.29, 0.717) is 13.0 Å². The van der Waals surface area contributed by atoms with Gasteiger partial charge in [0.25, 0.3) is 0 Å². The quantitative estimate of drug-likeness (QED) is 0.761. The first-order valence-corrected chi connectivity index (χ1v) is 7.85. The van der Waals surface area contributed by atoms with E-state index in [1.165, 1.54) is 4.90 Å². The third-order valence-corrected chi connectivity index (χ3v) is 4.42. The summed E-state index contributed by atoms with van der Waals surface area (Å²) in [5, 5.41) is 3.01. The maximum atomic E-state index is 12.3. The van der Waals surface area contributed by atoms with E-state index in [1.54, 1.807) is 4.90 Å². The Hall–Kier alpha value is -2.08. The molecule has 0 bridgehead atoms. The SMILES string of the molecule is C[NH+]1CCN(C(=O)N[C@H]2CC(=O)N(c3ccccc3)C2)CC1. The van der Waals surface area contributed by atoms with Crippen molar-refractivity contribution in [1.82, 2.24) is 10.2 Å². The molecule has 2 fully saturated rings. The van der Waals surface area contributed by atoms with Crippen molar-refractivity contribution in [2.75, 3.05) is 44.7 Å². The molecule has 1 atom stereocenters. The van der Waals surface area contributed by atoms with Gasteiger partial charge in [-0.3, -0.25) is 4.79 Å². The van der Waals surface area contributed by atoms with Crippen LogP contribution < -0.4 is 15.1 Å². The summed E-state index contributed by atoms with van der Waals surface area (Å²) in [5.74, 6) is 0.0688. The first-order chi connectivity index (χ1) is 10.6. The number of carbonyl (C=O) groups is 2. The number of nitrogens with zero attached hydrogens (tertiary/aromatic N) is 2. The van der Waals surface area contributed by atoms with Gasteiger partial charge in [0.1, 0.15) is 0 Å². The Morgan fingerprint density at radius 3 is 2.59 bits per heavy atom.